The second kappa shape index (κ2) is 5.25. The van der Waals surface area contributed by atoms with Gasteiger partial charge in [-0.15, -0.1) is 0 Å². The summed E-state index contributed by atoms with van der Waals surface area (Å²) in [5.74, 6) is 1.09. The summed E-state index contributed by atoms with van der Waals surface area (Å²) >= 11 is 0. The molecular formula is C12H21N3O. The van der Waals surface area contributed by atoms with Gasteiger partial charge in [0.2, 0.25) is 5.95 Å². The number of hydrogen-bond donors (Lipinski definition) is 1. The maximum Gasteiger partial charge on any atom is 0.224 e. The Morgan fingerprint density at radius 1 is 1.25 bits per heavy atom. The van der Waals surface area contributed by atoms with Crippen LogP contribution in [-0.4, -0.2) is 35.3 Å². The number of aromatic nitrogens is 2. The molecule has 1 aromatic rings. The lowest BCUT2D eigenvalue weighted by Gasteiger charge is -2.24. The fourth-order valence-electron chi connectivity index (χ4n) is 1.91. The molecule has 0 aliphatic heterocycles. The lowest BCUT2D eigenvalue weighted by Crippen LogP contribution is -2.22. The Morgan fingerprint density at radius 3 is 2.31 bits per heavy atom. The molecule has 0 bridgehead atoms. The molecule has 0 radical (unpaired) electrons. The van der Waals surface area contributed by atoms with Gasteiger partial charge in [0.1, 0.15) is 0 Å². The van der Waals surface area contributed by atoms with E-state index in [4.69, 9.17) is 0 Å². The Hall–Kier alpha value is -1.16. The van der Waals surface area contributed by atoms with Crippen LogP contribution in [0.1, 0.15) is 32.4 Å². The molecule has 0 fully saturated rings. The third-order valence-corrected chi connectivity index (χ3v) is 2.64. The SMILES string of the molecule is CC(C)C(c1ccnc(N(C)C)n1)C(C)O. The largest absolute Gasteiger partial charge is 0.393 e. The summed E-state index contributed by atoms with van der Waals surface area (Å²) in [6, 6.07) is 1.88. The molecule has 2 atom stereocenters. The minimum absolute atomic E-state index is 0.0571. The summed E-state index contributed by atoms with van der Waals surface area (Å²) in [6.45, 7) is 5.99. The van der Waals surface area contributed by atoms with Crippen molar-refractivity contribution >= 4 is 5.95 Å². The van der Waals surface area contributed by atoms with Crippen molar-refractivity contribution in [1.29, 1.82) is 0 Å². The Labute approximate surface area is 97.3 Å². The number of aliphatic hydroxyl groups excluding tert-OH is 1. The van der Waals surface area contributed by atoms with Crippen molar-refractivity contribution < 1.29 is 5.11 Å². The van der Waals surface area contributed by atoms with Gasteiger partial charge in [-0.2, -0.15) is 0 Å². The monoisotopic (exact) mass is 223 g/mol. The van der Waals surface area contributed by atoms with Gasteiger partial charge in [-0.05, 0) is 18.9 Å². The lowest BCUT2D eigenvalue weighted by atomic mass is 9.88. The van der Waals surface area contributed by atoms with E-state index in [0.717, 1.165) is 5.69 Å². The molecule has 0 aliphatic carbocycles. The van der Waals surface area contributed by atoms with Gasteiger partial charge in [-0.25, -0.2) is 9.97 Å². The number of anilines is 1. The van der Waals surface area contributed by atoms with Crippen LogP contribution in [0.5, 0.6) is 0 Å². The van der Waals surface area contributed by atoms with Crippen molar-refractivity contribution in [2.24, 2.45) is 5.92 Å². The zero-order valence-electron chi connectivity index (χ0n) is 10.7. The summed E-state index contributed by atoms with van der Waals surface area (Å²) in [6.07, 6.45) is 1.35. The van der Waals surface area contributed by atoms with E-state index in [1.165, 1.54) is 0 Å². The molecule has 0 aromatic carbocycles. The summed E-state index contributed by atoms with van der Waals surface area (Å²) < 4.78 is 0. The van der Waals surface area contributed by atoms with Gasteiger partial charge in [0.05, 0.1) is 11.8 Å². The highest BCUT2D eigenvalue weighted by Gasteiger charge is 2.23. The Bertz CT molecular complexity index is 329. The van der Waals surface area contributed by atoms with Crippen LogP contribution in [0.25, 0.3) is 0 Å². The van der Waals surface area contributed by atoms with Crippen LogP contribution in [-0.2, 0) is 0 Å². The van der Waals surface area contributed by atoms with E-state index in [-0.39, 0.29) is 5.92 Å². The number of rotatable bonds is 4. The molecular weight excluding hydrogens is 202 g/mol. The normalized spacial score (nSPS) is 14.9. The van der Waals surface area contributed by atoms with Gasteiger partial charge >= 0.3 is 0 Å². The average Bonchev–Trinajstić information content (AvgIpc) is 2.16. The first-order valence-electron chi connectivity index (χ1n) is 5.61. The predicted molar refractivity (Wildman–Crippen MR) is 65.6 cm³/mol. The van der Waals surface area contributed by atoms with Crippen molar-refractivity contribution in [3.8, 4) is 0 Å². The number of hydrogen-bond acceptors (Lipinski definition) is 4. The molecule has 4 nitrogen and oxygen atoms in total. The first kappa shape index (κ1) is 12.9. The molecule has 0 saturated carbocycles. The molecule has 2 unspecified atom stereocenters. The Morgan fingerprint density at radius 2 is 1.88 bits per heavy atom. The third kappa shape index (κ3) is 2.92. The van der Waals surface area contributed by atoms with Crippen LogP contribution in [0.15, 0.2) is 12.3 Å². The van der Waals surface area contributed by atoms with Gasteiger partial charge in [-0.3, -0.25) is 0 Å². The summed E-state index contributed by atoms with van der Waals surface area (Å²) in [7, 11) is 3.82. The van der Waals surface area contributed by atoms with E-state index in [9.17, 15) is 5.11 Å². The maximum atomic E-state index is 9.79. The minimum Gasteiger partial charge on any atom is -0.393 e. The second-order valence-corrected chi connectivity index (χ2v) is 4.69. The van der Waals surface area contributed by atoms with Gasteiger partial charge in [0.15, 0.2) is 0 Å². The summed E-state index contributed by atoms with van der Waals surface area (Å²) in [4.78, 5) is 10.5. The zero-order chi connectivity index (χ0) is 12.3. The van der Waals surface area contributed by atoms with Crippen LogP contribution in [0.4, 0.5) is 5.95 Å². The smallest absolute Gasteiger partial charge is 0.224 e. The van der Waals surface area contributed by atoms with E-state index in [0.29, 0.717) is 11.9 Å². The van der Waals surface area contributed by atoms with E-state index >= 15 is 0 Å². The van der Waals surface area contributed by atoms with E-state index in [1.807, 2.05) is 32.0 Å². The fourth-order valence-corrected chi connectivity index (χ4v) is 1.91. The highest BCUT2D eigenvalue weighted by molar-refractivity contribution is 5.28. The summed E-state index contributed by atoms with van der Waals surface area (Å²) in [5.41, 5.74) is 0.906. The highest BCUT2D eigenvalue weighted by atomic mass is 16.3. The molecule has 1 heterocycles. The lowest BCUT2D eigenvalue weighted by molar-refractivity contribution is 0.138. The average molecular weight is 223 g/mol. The van der Waals surface area contributed by atoms with Crippen LogP contribution in [0, 0.1) is 5.92 Å². The summed E-state index contributed by atoms with van der Waals surface area (Å²) in [5, 5.41) is 9.79. The van der Waals surface area contributed by atoms with Crippen LogP contribution in [0.2, 0.25) is 0 Å². The second-order valence-electron chi connectivity index (χ2n) is 4.69. The number of aliphatic hydroxyl groups is 1. The molecule has 90 valence electrons. The van der Waals surface area contributed by atoms with Crippen molar-refractivity contribution in [3.05, 3.63) is 18.0 Å². The molecule has 16 heavy (non-hydrogen) atoms. The van der Waals surface area contributed by atoms with Crippen molar-refractivity contribution in [1.82, 2.24) is 9.97 Å². The van der Waals surface area contributed by atoms with E-state index in [1.54, 1.807) is 6.20 Å². The minimum atomic E-state index is -0.398. The van der Waals surface area contributed by atoms with Crippen molar-refractivity contribution in [2.45, 2.75) is 32.8 Å². The molecule has 0 aliphatic rings. The van der Waals surface area contributed by atoms with Gasteiger partial charge in [0, 0.05) is 26.2 Å². The number of nitrogens with zero attached hydrogens (tertiary/aromatic N) is 3. The quantitative estimate of drug-likeness (QED) is 0.843. The molecule has 1 aromatic heterocycles. The van der Waals surface area contributed by atoms with Crippen molar-refractivity contribution in [2.75, 3.05) is 19.0 Å². The van der Waals surface area contributed by atoms with Crippen LogP contribution < -0.4 is 4.90 Å². The van der Waals surface area contributed by atoms with E-state index < -0.39 is 6.10 Å². The Balaban J connectivity index is 3.05. The third-order valence-electron chi connectivity index (χ3n) is 2.64. The first-order valence-corrected chi connectivity index (χ1v) is 5.61. The molecule has 4 heteroatoms. The van der Waals surface area contributed by atoms with Gasteiger partial charge < -0.3 is 10.0 Å². The Kier molecular flexibility index (Phi) is 4.24. The fraction of sp³-hybridized carbons (Fsp3) is 0.667. The van der Waals surface area contributed by atoms with Crippen molar-refractivity contribution in [3.63, 3.8) is 0 Å². The molecule has 0 amide bonds. The first-order chi connectivity index (χ1) is 7.43. The molecule has 0 saturated heterocycles. The van der Waals surface area contributed by atoms with E-state index in [2.05, 4.69) is 23.8 Å². The van der Waals surface area contributed by atoms with Gasteiger partial charge in [-0.1, -0.05) is 13.8 Å². The topological polar surface area (TPSA) is 49.2 Å². The van der Waals surface area contributed by atoms with Gasteiger partial charge in [0.25, 0.3) is 0 Å². The highest BCUT2D eigenvalue weighted by Crippen LogP contribution is 2.26. The van der Waals surface area contributed by atoms with Crippen LogP contribution >= 0.6 is 0 Å². The predicted octanol–water partition coefficient (Wildman–Crippen LogP) is 1.66. The maximum absolute atomic E-state index is 9.79. The zero-order valence-corrected chi connectivity index (χ0v) is 10.7. The van der Waals surface area contributed by atoms with Crippen LogP contribution in [0.3, 0.4) is 0 Å². The standard InChI is InChI=1S/C12H21N3O/c1-8(2)11(9(3)16)10-6-7-13-12(14-10)15(4)5/h6-9,11,16H,1-5H3. The molecule has 0 spiro atoms. The molecule has 1 N–H and O–H groups in total. The molecule has 1 rings (SSSR count).